The number of fused-ring (bicyclic) bond motifs is 8. The minimum atomic E-state index is 0.851. The van der Waals surface area contributed by atoms with Crippen molar-refractivity contribution in [2.45, 2.75) is 0 Å². The number of para-hydroxylation sites is 2. The molecular weight excluding hydrogens is 709 g/mol. The third kappa shape index (κ3) is 5.16. The first kappa shape index (κ1) is 32.4. The van der Waals surface area contributed by atoms with Gasteiger partial charge >= 0.3 is 0 Å². The number of ether oxygens (including phenoxy) is 1. The summed E-state index contributed by atoms with van der Waals surface area (Å²) in [7, 11) is 0. The van der Waals surface area contributed by atoms with Crippen molar-refractivity contribution in [1.82, 2.24) is 4.57 Å². The van der Waals surface area contributed by atoms with E-state index in [1.165, 1.54) is 33.0 Å². The van der Waals surface area contributed by atoms with Crippen LogP contribution in [0.5, 0.6) is 11.5 Å². The number of hydrogen-bond donors (Lipinski definition) is 0. The zero-order valence-electron chi connectivity index (χ0n) is 31.3. The quantitative estimate of drug-likeness (QED) is 0.170. The minimum absolute atomic E-state index is 0.851. The maximum absolute atomic E-state index is 6.60. The normalized spacial score (nSPS) is 11.9. The smallest absolute Gasteiger partial charge is 0.152 e. The average Bonchev–Trinajstić information content (AvgIpc) is 3.84. The molecule has 0 radical (unpaired) electrons. The Morgan fingerprint density at radius 2 is 0.879 bits per heavy atom. The largest absolute Gasteiger partial charge is 0.456 e. The molecule has 0 fully saturated rings. The number of rotatable bonds is 6. The van der Waals surface area contributed by atoms with Crippen LogP contribution in [0.3, 0.4) is 0 Å². The lowest BCUT2D eigenvalue weighted by molar-refractivity contribution is 0.476. The molecule has 4 heteroatoms. The van der Waals surface area contributed by atoms with Gasteiger partial charge in [0.1, 0.15) is 11.2 Å². The molecule has 0 spiro atoms. The molecule has 58 heavy (non-hydrogen) atoms. The molecular formula is C54H34N2O2. The monoisotopic (exact) mass is 742 g/mol. The van der Waals surface area contributed by atoms with Crippen molar-refractivity contribution in [1.29, 1.82) is 0 Å². The molecule has 0 amide bonds. The molecule has 9 aromatic carbocycles. The summed E-state index contributed by atoms with van der Waals surface area (Å²) in [5.74, 6) is 1.73. The maximum atomic E-state index is 6.60. The Hall–Kier alpha value is -7.82. The van der Waals surface area contributed by atoms with Gasteiger partial charge in [-0.25, -0.2) is 0 Å². The minimum Gasteiger partial charge on any atom is -0.456 e. The van der Waals surface area contributed by atoms with Gasteiger partial charge < -0.3 is 18.6 Å². The third-order valence-electron chi connectivity index (χ3n) is 11.6. The first-order valence-corrected chi connectivity index (χ1v) is 19.7. The summed E-state index contributed by atoms with van der Waals surface area (Å²) in [6.07, 6.45) is 0. The fourth-order valence-electron chi connectivity index (χ4n) is 8.79. The SMILES string of the molecule is c1ccc(-c2ccc(N(c3ccc(-c4ccc5c(c4)-n4c6ccccc6c6cccc(c64)O5)cc3)c3ccc4c(c3)oc3cc(-c5ccccc5)ccc34)cc2)cc1. The highest BCUT2D eigenvalue weighted by atomic mass is 16.5. The first-order valence-electron chi connectivity index (χ1n) is 19.7. The van der Waals surface area contributed by atoms with Crippen LogP contribution in [0.2, 0.25) is 0 Å². The van der Waals surface area contributed by atoms with Crippen molar-refractivity contribution in [2.75, 3.05) is 4.90 Å². The van der Waals surface area contributed by atoms with Crippen LogP contribution in [-0.2, 0) is 0 Å². The summed E-state index contributed by atoms with van der Waals surface area (Å²) < 4.78 is 15.5. The summed E-state index contributed by atoms with van der Waals surface area (Å²) in [6, 6.07) is 73.1. The van der Waals surface area contributed by atoms with Crippen LogP contribution in [-0.4, -0.2) is 4.57 Å². The van der Waals surface area contributed by atoms with Crippen molar-refractivity contribution in [3.63, 3.8) is 0 Å². The van der Waals surface area contributed by atoms with E-state index >= 15 is 0 Å². The molecule has 272 valence electrons. The molecule has 12 rings (SSSR count). The molecule has 0 aliphatic carbocycles. The second-order valence-electron chi connectivity index (χ2n) is 14.9. The molecule has 2 aromatic heterocycles. The number of aromatic nitrogens is 1. The van der Waals surface area contributed by atoms with Gasteiger partial charge in [0.2, 0.25) is 0 Å². The van der Waals surface area contributed by atoms with Crippen LogP contribution in [0, 0.1) is 0 Å². The number of anilines is 3. The van der Waals surface area contributed by atoms with E-state index in [-0.39, 0.29) is 0 Å². The topological polar surface area (TPSA) is 30.5 Å². The molecule has 3 heterocycles. The van der Waals surface area contributed by atoms with Crippen LogP contribution in [0.25, 0.3) is 82.8 Å². The van der Waals surface area contributed by atoms with Crippen molar-refractivity contribution < 1.29 is 9.15 Å². The molecule has 4 nitrogen and oxygen atoms in total. The lowest BCUT2D eigenvalue weighted by Crippen LogP contribution is -2.09. The van der Waals surface area contributed by atoms with E-state index in [0.29, 0.717) is 0 Å². The van der Waals surface area contributed by atoms with Gasteiger partial charge in [-0.05, 0) is 106 Å². The molecule has 0 unspecified atom stereocenters. The van der Waals surface area contributed by atoms with E-state index < -0.39 is 0 Å². The van der Waals surface area contributed by atoms with Gasteiger partial charge in [-0.1, -0.05) is 127 Å². The zero-order valence-corrected chi connectivity index (χ0v) is 31.3. The maximum Gasteiger partial charge on any atom is 0.152 e. The molecule has 0 bridgehead atoms. The third-order valence-corrected chi connectivity index (χ3v) is 11.6. The van der Waals surface area contributed by atoms with Gasteiger partial charge in [-0.3, -0.25) is 0 Å². The van der Waals surface area contributed by atoms with E-state index in [2.05, 4.69) is 210 Å². The van der Waals surface area contributed by atoms with Gasteiger partial charge in [0.15, 0.2) is 11.5 Å². The molecule has 1 aliphatic rings. The first-order chi connectivity index (χ1) is 28.7. The average molecular weight is 743 g/mol. The molecule has 0 N–H and O–H groups in total. The fourth-order valence-corrected chi connectivity index (χ4v) is 8.79. The highest BCUT2D eigenvalue weighted by Gasteiger charge is 2.24. The van der Waals surface area contributed by atoms with Crippen molar-refractivity contribution in [3.05, 3.63) is 206 Å². The molecule has 0 saturated heterocycles. The second-order valence-corrected chi connectivity index (χ2v) is 14.9. The van der Waals surface area contributed by atoms with Crippen LogP contribution in [0.4, 0.5) is 17.1 Å². The lowest BCUT2D eigenvalue weighted by atomic mass is 10.0. The van der Waals surface area contributed by atoms with E-state index in [0.717, 1.165) is 78.4 Å². The second kappa shape index (κ2) is 12.9. The summed E-state index contributed by atoms with van der Waals surface area (Å²) in [5.41, 5.74) is 15.1. The van der Waals surface area contributed by atoms with Gasteiger partial charge in [0.05, 0.1) is 16.7 Å². The summed E-state index contributed by atoms with van der Waals surface area (Å²) in [5, 5.41) is 4.63. The van der Waals surface area contributed by atoms with Crippen LogP contribution in [0.1, 0.15) is 0 Å². The van der Waals surface area contributed by atoms with Crippen molar-refractivity contribution >= 4 is 60.8 Å². The Morgan fingerprint density at radius 1 is 0.345 bits per heavy atom. The molecule has 0 atom stereocenters. The summed E-state index contributed by atoms with van der Waals surface area (Å²) >= 11 is 0. The van der Waals surface area contributed by atoms with Crippen molar-refractivity contribution in [3.8, 4) is 50.6 Å². The Morgan fingerprint density at radius 3 is 1.62 bits per heavy atom. The van der Waals surface area contributed by atoms with E-state index in [4.69, 9.17) is 9.15 Å². The molecule has 11 aromatic rings. The standard InChI is InChI=1S/C54H34N2O2/c1-3-10-35(11-4-1)37-18-24-41(25-19-37)55(43-28-30-46-45-29-22-40(36-12-5-2-6-13-36)33-52(45)58-53(46)34-43)42-26-20-38(21-27-42)39-23-31-50-49(32-39)56-48-16-8-7-14-44(48)47-15-9-17-51(57-50)54(47)56/h1-34H. The predicted molar refractivity (Wildman–Crippen MR) is 239 cm³/mol. The Balaban J connectivity index is 0.950. The lowest BCUT2D eigenvalue weighted by Gasteiger charge is -2.26. The van der Waals surface area contributed by atoms with Crippen LogP contribution in [0.15, 0.2) is 211 Å². The van der Waals surface area contributed by atoms with Gasteiger partial charge in [-0.2, -0.15) is 0 Å². The summed E-state index contributed by atoms with van der Waals surface area (Å²) in [4.78, 5) is 2.31. The van der Waals surface area contributed by atoms with Gasteiger partial charge in [-0.15, -0.1) is 0 Å². The van der Waals surface area contributed by atoms with Crippen molar-refractivity contribution in [2.24, 2.45) is 0 Å². The van der Waals surface area contributed by atoms with Crippen LogP contribution >= 0.6 is 0 Å². The van der Waals surface area contributed by atoms with E-state index in [1.807, 2.05) is 6.07 Å². The Kier molecular flexibility index (Phi) is 7.20. The highest BCUT2D eigenvalue weighted by Crippen LogP contribution is 2.47. The molecule has 1 aliphatic heterocycles. The Labute approximate surface area is 335 Å². The Bertz CT molecular complexity index is 3340. The fraction of sp³-hybridized carbons (Fsp3) is 0. The zero-order chi connectivity index (χ0) is 38.2. The van der Waals surface area contributed by atoms with E-state index in [9.17, 15) is 0 Å². The number of nitrogens with zero attached hydrogens (tertiary/aromatic N) is 2. The predicted octanol–water partition coefficient (Wildman–Crippen LogP) is 15.3. The number of benzene rings is 9. The van der Waals surface area contributed by atoms with E-state index in [1.54, 1.807) is 0 Å². The van der Waals surface area contributed by atoms with Gasteiger partial charge in [0.25, 0.3) is 0 Å². The number of hydrogen-bond acceptors (Lipinski definition) is 3. The number of furan rings is 1. The molecule has 0 saturated carbocycles. The van der Waals surface area contributed by atoms with Gasteiger partial charge in [0, 0.05) is 44.7 Å². The highest BCUT2D eigenvalue weighted by molar-refractivity contribution is 6.12. The summed E-state index contributed by atoms with van der Waals surface area (Å²) in [6.45, 7) is 0. The van der Waals surface area contributed by atoms with Crippen LogP contribution < -0.4 is 9.64 Å².